The zero-order valence-electron chi connectivity index (χ0n) is 15.7. The first kappa shape index (κ1) is 18.1. The number of hydrogen-bond acceptors (Lipinski definition) is 6. The van der Waals surface area contributed by atoms with E-state index in [-0.39, 0.29) is 5.91 Å². The van der Waals surface area contributed by atoms with Crippen molar-refractivity contribution in [2.45, 2.75) is 12.8 Å². The molecule has 6 nitrogen and oxygen atoms in total. The minimum Gasteiger partial charge on any atom is -0.354 e. The predicted molar refractivity (Wildman–Crippen MR) is 109 cm³/mol. The lowest BCUT2D eigenvalue weighted by Crippen LogP contribution is -2.45. The molecule has 0 aliphatic carbocycles. The molecule has 142 valence electrons. The lowest BCUT2D eigenvalue weighted by Gasteiger charge is -2.34. The van der Waals surface area contributed by atoms with Crippen LogP contribution in [0.25, 0.3) is 6.08 Å². The Kier molecular flexibility index (Phi) is 5.50. The molecule has 4 rings (SSSR count). The number of carbonyl (C=O) groups is 1. The van der Waals surface area contributed by atoms with Gasteiger partial charge in [0, 0.05) is 62.2 Å². The molecule has 2 aromatic heterocycles. The fourth-order valence-corrected chi connectivity index (χ4v) is 4.28. The van der Waals surface area contributed by atoms with Gasteiger partial charge >= 0.3 is 0 Å². The van der Waals surface area contributed by atoms with Gasteiger partial charge in [-0.2, -0.15) is 0 Å². The third-order valence-corrected chi connectivity index (χ3v) is 6.15. The molecule has 0 aromatic carbocycles. The Labute approximate surface area is 164 Å². The second kappa shape index (κ2) is 8.19. The summed E-state index contributed by atoms with van der Waals surface area (Å²) in [4.78, 5) is 29.5. The molecule has 1 amide bonds. The van der Waals surface area contributed by atoms with E-state index in [1.165, 1.54) is 5.56 Å². The monoisotopic (exact) mass is 383 g/mol. The smallest absolute Gasteiger partial charge is 0.246 e. The van der Waals surface area contributed by atoms with E-state index in [2.05, 4.69) is 26.8 Å². The Morgan fingerprint density at radius 1 is 1.11 bits per heavy atom. The van der Waals surface area contributed by atoms with Crippen LogP contribution in [0.5, 0.6) is 0 Å². The average molecular weight is 384 g/mol. The Hall–Kier alpha value is -2.25. The summed E-state index contributed by atoms with van der Waals surface area (Å²) < 4.78 is 0. The van der Waals surface area contributed by atoms with Crippen molar-refractivity contribution in [1.82, 2.24) is 19.8 Å². The summed E-state index contributed by atoms with van der Waals surface area (Å²) in [6.45, 7) is 5.51. The van der Waals surface area contributed by atoms with Crippen LogP contribution >= 0.6 is 11.3 Å². The number of fused-ring (bicyclic) bond motifs is 1. The number of hydrogen-bond donors (Lipinski definition) is 0. The van der Waals surface area contributed by atoms with Crippen molar-refractivity contribution in [3.63, 3.8) is 0 Å². The Balaban J connectivity index is 1.46. The van der Waals surface area contributed by atoms with E-state index >= 15 is 0 Å². The van der Waals surface area contributed by atoms with Gasteiger partial charge in [0.1, 0.15) is 12.1 Å². The maximum atomic E-state index is 12.6. The molecule has 2 aliphatic heterocycles. The van der Waals surface area contributed by atoms with Crippen molar-refractivity contribution < 1.29 is 4.79 Å². The fourth-order valence-electron chi connectivity index (χ4n) is 3.67. The minimum absolute atomic E-state index is 0.0744. The molecule has 0 bridgehead atoms. The van der Waals surface area contributed by atoms with Crippen LogP contribution in [0, 0.1) is 0 Å². The molecule has 0 saturated carbocycles. The molecule has 0 unspecified atom stereocenters. The highest BCUT2D eigenvalue weighted by atomic mass is 32.1. The van der Waals surface area contributed by atoms with Crippen LogP contribution in [-0.4, -0.2) is 72.0 Å². The SMILES string of the molecule is CN1CCN(c2ncnc3c2CCN(C(=O)/C=C/c2cccs2)CC3)CC1. The number of piperazine rings is 1. The van der Waals surface area contributed by atoms with Gasteiger partial charge in [-0.3, -0.25) is 4.79 Å². The summed E-state index contributed by atoms with van der Waals surface area (Å²) in [6, 6.07) is 4.01. The van der Waals surface area contributed by atoms with Gasteiger partial charge in [-0.25, -0.2) is 9.97 Å². The lowest BCUT2D eigenvalue weighted by atomic mass is 10.1. The van der Waals surface area contributed by atoms with Gasteiger partial charge in [-0.05, 0) is 31.0 Å². The van der Waals surface area contributed by atoms with Crippen LogP contribution < -0.4 is 4.90 Å². The van der Waals surface area contributed by atoms with Crippen molar-refractivity contribution in [3.8, 4) is 0 Å². The highest BCUT2D eigenvalue weighted by molar-refractivity contribution is 7.10. The first-order valence-electron chi connectivity index (χ1n) is 9.47. The highest BCUT2D eigenvalue weighted by Crippen LogP contribution is 2.24. The van der Waals surface area contributed by atoms with Crippen LogP contribution in [-0.2, 0) is 17.6 Å². The molecule has 4 heterocycles. The van der Waals surface area contributed by atoms with Crippen molar-refractivity contribution >= 4 is 29.1 Å². The number of carbonyl (C=O) groups excluding carboxylic acids is 1. The van der Waals surface area contributed by atoms with E-state index < -0.39 is 0 Å². The van der Waals surface area contributed by atoms with Gasteiger partial charge in [0.05, 0.1) is 5.69 Å². The summed E-state index contributed by atoms with van der Waals surface area (Å²) in [7, 11) is 2.16. The number of aromatic nitrogens is 2. The van der Waals surface area contributed by atoms with E-state index in [4.69, 9.17) is 0 Å². The fraction of sp³-hybridized carbons (Fsp3) is 0.450. The van der Waals surface area contributed by atoms with E-state index in [9.17, 15) is 4.79 Å². The Morgan fingerprint density at radius 3 is 2.70 bits per heavy atom. The van der Waals surface area contributed by atoms with Gasteiger partial charge in [0.15, 0.2) is 0 Å². The summed E-state index contributed by atoms with van der Waals surface area (Å²) in [5, 5.41) is 2.02. The molecule has 7 heteroatoms. The second-order valence-electron chi connectivity index (χ2n) is 7.09. The third-order valence-electron chi connectivity index (χ3n) is 5.31. The number of amides is 1. The maximum Gasteiger partial charge on any atom is 0.246 e. The first-order chi connectivity index (χ1) is 13.2. The van der Waals surface area contributed by atoms with Gasteiger partial charge in [-0.1, -0.05) is 6.07 Å². The minimum atomic E-state index is 0.0744. The Morgan fingerprint density at radius 2 is 1.93 bits per heavy atom. The van der Waals surface area contributed by atoms with Crippen molar-refractivity contribution in [3.05, 3.63) is 46.1 Å². The molecule has 2 aromatic rings. The number of likely N-dealkylation sites (N-methyl/N-ethyl adjacent to an activating group) is 1. The standard InChI is InChI=1S/C20H25N5OS/c1-23-10-12-25(13-11-23)20-17-6-8-24(9-7-18(17)21-15-22-20)19(26)5-4-16-3-2-14-27-16/h2-5,14-15H,6-13H2,1H3/b5-4+. The van der Waals surface area contributed by atoms with Crippen LogP contribution in [0.4, 0.5) is 5.82 Å². The van der Waals surface area contributed by atoms with Crippen LogP contribution in [0.15, 0.2) is 29.9 Å². The van der Waals surface area contributed by atoms with E-state index in [0.717, 1.165) is 55.4 Å². The second-order valence-corrected chi connectivity index (χ2v) is 8.07. The van der Waals surface area contributed by atoms with E-state index in [1.807, 2.05) is 28.5 Å². The number of thiophene rings is 1. The number of anilines is 1. The molecule has 0 atom stereocenters. The normalized spacial score (nSPS) is 18.6. The highest BCUT2D eigenvalue weighted by Gasteiger charge is 2.24. The lowest BCUT2D eigenvalue weighted by molar-refractivity contribution is -0.125. The summed E-state index contributed by atoms with van der Waals surface area (Å²) in [5.41, 5.74) is 2.32. The molecule has 0 spiro atoms. The van der Waals surface area contributed by atoms with E-state index in [0.29, 0.717) is 13.1 Å². The van der Waals surface area contributed by atoms with Gasteiger partial charge in [0.2, 0.25) is 5.91 Å². The Bertz CT molecular complexity index is 812. The molecule has 0 radical (unpaired) electrons. The first-order valence-corrected chi connectivity index (χ1v) is 10.4. The third kappa shape index (κ3) is 4.20. The van der Waals surface area contributed by atoms with E-state index in [1.54, 1.807) is 23.7 Å². The average Bonchev–Trinajstić information content (AvgIpc) is 3.11. The quantitative estimate of drug-likeness (QED) is 0.758. The van der Waals surface area contributed by atoms with Gasteiger partial charge in [-0.15, -0.1) is 11.3 Å². The molecule has 27 heavy (non-hydrogen) atoms. The molecule has 1 fully saturated rings. The zero-order chi connectivity index (χ0) is 18.6. The molecule has 0 N–H and O–H groups in total. The molecular formula is C20H25N5OS. The topological polar surface area (TPSA) is 52.6 Å². The summed E-state index contributed by atoms with van der Waals surface area (Å²) in [6.07, 6.45) is 6.88. The molecule has 1 saturated heterocycles. The van der Waals surface area contributed by atoms with Crippen molar-refractivity contribution in [2.24, 2.45) is 0 Å². The van der Waals surface area contributed by atoms with Crippen LogP contribution in [0.1, 0.15) is 16.1 Å². The maximum absolute atomic E-state index is 12.6. The van der Waals surface area contributed by atoms with Crippen LogP contribution in [0.3, 0.4) is 0 Å². The molecular weight excluding hydrogens is 358 g/mol. The molecule has 2 aliphatic rings. The largest absolute Gasteiger partial charge is 0.354 e. The van der Waals surface area contributed by atoms with Gasteiger partial charge in [0.25, 0.3) is 0 Å². The summed E-state index contributed by atoms with van der Waals surface area (Å²) in [5.74, 6) is 1.14. The zero-order valence-corrected chi connectivity index (χ0v) is 16.5. The number of rotatable bonds is 3. The predicted octanol–water partition coefficient (Wildman–Crippen LogP) is 1.93. The van der Waals surface area contributed by atoms with Crippen molar-refractivity contribution in [2.75, 3.05) is 51.2 Å². The number of nitrogens with zero attached hydrogens (tertiary/aromatic N) is 5. The van der Waals surface area contributed by atoms with Gasteiger partial charge < -0.3 is 14.7 Å². The van der Waals surface area contributed by atoms with Crippen LogP contribution in [0.2, 0.25) is 0 Å². The summed E-state index contributed by atoms with van der Waals surface area (Å²) >= 11 is 1.64. The van der Waals surface area contributed by atoms with Crippen molar-refractivity contribution in [1.29, 1.82) is 0 Å².